The second-order valence-electron chi connectivity index (χ2n) is 17.2. The maximum absolute atomic E-state index is 14.7. The van der Waals surface area contributed by atoms with Crippen molar-refractivity contribution in [3.05, 3.63) is 124 Å². The monoisotopic (exact) mass is 847 g/mol. The van der Waals surface area contributed by atoms with Crippen molar-refractivity contribution in [1.82, 2.24) is 36.1 Å². The minimum atomic E-state index is -1.15. The van der Waals surface area contributed by atoms with Crippen LogP contribution in [0.2, 0.25) is 0 Å². The summed E-state index contributed by atoms with van der Waals surface area (Å²) < 4.78 is 0. The van der Waals surface area contributed by atoms with E-state index in [-0.39, 0.29) is 51.2 Å². The van der Waals surface area contributed by atoms with Gasteiger partial charge < -0.3 is 31.1 Å². The Hall–Kier alpha value is -5.89. The summed E-state index contributed by atoms with van der Waals surface area (Å²) in [6, 6.07) is 22.9. The van der Waals surface area contributed by atoms with Crippen molar-refractivity contribution < 1.29 is 28.8 Å². The molecule has 61 heavy (non-hydrogen) atoms. The number of hydrogen-bond donors (Lipinski definition) is 4. The molecule has 6 rings (SSSR count). The van der Waals surface area contributed by atoms with Gasteiger partial charge in [0.25, 0.3) is 0 Å². The van der Waals surface area contributed by atoms with Crippen molar-refractivity contribution >= 4 is 46.8 Å². The first-order chi connectivity index (χ1) is 29.3. The lowest BCUT2D eigenvalue weighted by Gasteiger charge is -2.34. The van der Waals surface area contributed by atoms with Crippen molar-refractivity contribution in [1.29, 1.82) is 0 Å². The summed E-state index contributed by atoms with van der Waals surface area (Å²) in [4.78, 5) is 94.2. The minimum Gasteiger partial charge on any atom is -0.342 e. The first-order valence-electron chi connectivity index (χ1n) is 21.1. The highest BCUT2D eigenvalue weighted by atomic mass is 32.1. The van der Waals surface area contributed by atoms with E-state index in [0.29, 0.717) is 31.4 Å². The predicted octanol–water partition coefficient (Wildman–Crippen LogP) is 4.01. The normalized spacial score (nSPS) is 22.4. The lowest BCUT2D eigenvalue weighted by atomic mass is 9.87. The zero-order valence-electron chi connectivity index (χ0n) is 35.2. The highest BCUT2D eigenvalue weighted by Gasteiger charge is 2.41. The van der Waals surface area contributed by atoms with E-state index in [9.17, 15) is 28.8 Å². The smallest absolute Gasteiger partial charge is 0.246 e. The summed E-state index contributed by atoms with van der Waals surface area (Å²) in [6.45, 7) is 5.99. The van der Waals surface area contributed by atoms with Crippen LogP contribution in [0.1, 0.15) is 68.8 Å². The first-order valence-corrected chi connectivity index (χ1v) is 22.1. The number of aryl methyl sites for hydroxylation is 1. The van der Waals surface area contributed by atoms with E-state index in [1.807, 2.05) is 112 Å². The third kappa shape index (κ3) is 13.0. The average Bonchev–Trinajstić information content (AvgIpc) is 3.95. The van der Waals surface area contributed by atoms with Gasteiger partial charge in [0.2, 0.25) is 35.4 Å². The first kappa shape index (κ1) is 44.7. The predicted molar refractivity (Wildman–Crippen MR) is 234 cm³/mol. The Balaban J connectivity index is 1.39. The van der Waals surface area contributed by atoms with Crippen LogP contribution in [-0.4, -0.2) is 100 Å². The second-order valence-corrected chi connectivity index (χ2v) is 17.9. The number of benzene rings is 3. The van der Waals surface area contributed by atoms with E-state index in [2.05, 4.69) is 26.3 Å². The average molecular weight is 848 g/mol. The molecule has 0 unspecified atom stereocenters. The fraction of sp³-hybridized carbons (Fsp3) is 0.426. The Morgan fingerprint density at radius 3 is 1.77 bits per heavy atom. The van der Waals surface area contributed by atoms with E-state index in [4.69, 9.17) is 0 Å². The maximum Gasteiger partial charge on any atom is 0.246 e. The fourth-order valence-electron chi connectivity index (χ4n) is 8.00. The summed E-state index contributed by atoms with van der Waals surface area (Å²) in [7, 11) is 0. The number of carbonyl (C=O) groups excluding carboxylic acids is 6. The zero-order valence-corrected chi connectivity index (χ0v) is 36.0. The molecule has 0 radical (unpaired) electrons. The van der Waals surface area contributed by atoms with Crippen molar-refractivity contribution in [2.45, 2.75) is 102 Å². The Labute approximate surface area is 362 Å². The van der Waals surface area contributed by atoms with Crippen LogP contribution in [-0.2, 0) is 54.5 Å². The molecule has 0 bridgehead atoms. The molecule has 2 aliphatic heterocycles. The Morgan fingerprint density at radius 1 is 0.656 bits per heavy atom. The molecular weight excluding hydrogens is 791 g/mol. The highest BCUT2D eigenvalue weighted by molar-refractivity contribution is 7.07. The molecule has 13 nitrogen and oxygen atoms in total. The summed E-state index contributed by atoms with van der Waals surface area (Å²) in [5.41, 5.74) is 4.43. The number of rotatable bonds is 11. The second kappa shape index (κ2) is 21.1. The van der Waals surface area contributed by atoms with E-state index < -0.39 is 65.2 Å². The van der Waals surface area contributed by atoms with Gasteiger partial charge in [-0.05, 0) is 54.2 Å². The number of carbonyl (C=O) groups is 6. The number of amides is 6. The standard InChI is InChI=1S/C47H57N7O6S/c1-47(2,3)28-39-44(58)51-38(27-35-30-61-31-48-35)45(59)54-24-14-22-40(54)46(60)53(23-13-21-32-15-7-4-8-16-32)29-41(55)49-36(25-33-17-9-5-10-18-33)42(56)50-37(43(57)52-39)26-34-19-11-6-12-20-34/h4-12,15-20,30-31,36-40H,13-14,21-29H2,1-3H3,(H,49,55)(H,50,56)(H,51,58)(H,52,57)/t36-,37+,38-,39-,40+/m0/s1. The molecule has 5 atom stereocenters. The molecule has 1 aromatic heterocycles. The van der Waals surface area contributed by atoms with Crippen LogP contribution in [0.15, 0.2) is 102 Å². The molecule has 3 heterocycles. The maximum atomic E-state index is 14.7. The third-order valence-electron chi connectivity index (χ3n) is 11.0. The van der Waals surface area contributed by atoms with Crippen molar-refractivity contribution in [3.8, 4) is 0 Å². The largest absolute Gasteiger partial charge is 0.342 e. The SMILES string of the molecule is CC(C)(C)C[C@@H]1NC(=O)[C@@H](Cc2ccccc2)NC(=O)[C@H](Cc2ccccc2)NC(=O)CN(CCCc2ccccc2)C(=O)[C@H]2CCCN2C(=O)[C@H](Cc2cscn2)NC1=O. The summed E-state index contributed by atoms with van der Waals surface area (Å²) in [5.74, 6) is -3.12. The number of fused-ring (bicyclic) bond motifs is 1. The van der Waals surface area contributed by atoms with Gasteiger partial charge in [0.1, 0.15) is 30.2 Å². The van der Waals surface area contributed by atoms with Gasteiger partial charge in [0, 0.05) is 37.7 Å². The lowest BCUT2D eigenvalue weighted by Crippen LogP contribution is -2.61. The molecule has 2 aliphatic rings. The van der Waals surface area contributed by atoms with Crippen molar-refractivity contribution in [2.24, 2.45) is 5.41 Å². The van der Waals surface area contributed by atoms with Crippen LogP contribution in [0.5, 0.6) is 0 Å². The Bertz CT molecular complexity index is 2100. The highest BCUT2D eigenvalue weighted by Crippen LogP contribution is 2.24. The van der Waals surface area contributed by atoms with Gasteiger partial charge in [-0.2, -0.15) is 0 Å². The summed E-state index contributed by atoms with van der Waals surface area (Å²) in [5, 5.41) is 13.5. The van der Waals surface area contributed by atoms with Crippen LogP contribution < -0.4 is 21.3 Å². The number of nitrogens with zero attached hydrogens (tertiary/aromatic N) is 3. The topological polar surface area (TPSA) is 170 Å². The van der Waals surface area contributed by atoms with Gasteiger partial charge in [-0.3, -0.25) is 28.8 Å². The quantitative estimate of drug-likeness (QED) is 0.177. The fourth-order valence-corrected chi connectivity index (χ4v) is 8.57. The van der Waals surface area contributed by atoms with E-state index >= 15 is 0 Å². The Kier molecular flexibility index (Phi) is 15.4. The zero-order chi connectivity index (χ0) is 43.4. The molecule has 322 valence electrons. The molecule has 4 N–H and O–H groups in total. The van der Waals surface area contributed by atoms with Crippen LogP contribution >= 0.6 is 11.3 Å². The van der Waals surface area contributed by atoms with E-state index in [1.54, 1.807) is 10.9 Å². The van der Waals surface area contributed by atoms with Crippen LogP contribution in [0.3, 0.4) is 0 Å². The lowest BCUT2D eigenvalue weighted by molar-refractivity contribution is -0.147. The third-order valence-corrected chi connectivity index (χ3v) is 11.6. The van der Waals surface area contributed by atoms with Gasteiger partial charge in [-0.25, -0.2) is 4.98 Å². The van der Waals surface area contributed by atoms with Crippen LogP contribution in [0, 0.1) is 5.41 Å². The van der Waals surface area contributed by atoms with Gasteiger partial charge >= 0.3 is 0 Å². The molecule has 14 heteroatoms. The van der Waals surface area contributed by atoms with E-state index in [0.717, 1.165) is 16.7 Å². The molecule has 2 saturated heterocycles. The molecule has 6 amide bonds. The summed E-state index contributed by atoms with van der Waals surface area (Å²) in [6.07, 6.45) is 2.62. The molecular formula is C47H57N7O6S. The number of aromatic nitrogens is 1. The molecule has 3 aromatic carbocycles. The Morgan fingerprint density at radius 2 is 1.20 bits per heavy atom. The number of hydrogen-bond acceptors (Lipinski definition) is 8. The molecule has 4 aromatic rings. The number of nitrogens with one attached hydrogen (secondary N) is 4. The minimum absolute atomic E-state index is 0.0698. The molecule has 0 aliphatic carbocycles. The molecule has 0 spiro atoms. The molecule has 2 fully saturated rings. The van der Waals surface area contributed by atoms with Gasteiger partial charge in [-0.1, -0.05) is 112 Å². The van der Waals surface area contributed by atoms with Gasteiger partial charge in [-0.15, -0.1) is 11.3 Å². The van der Waals surface area contributed by atoms with Gasteiger partial charge in [0.05, 0.1) is 17.7 Å². The molecule has 0 saturated carbocycles. The van der Waals surface area contributed by atoms with Crippen molar-refractivity contribution in [2.75, 3.05) is 19.6 Å². The van der Waals surface area contributed by atoms with Crippen molar-refractivity contribution in [3.63, 3.8) is 0 Å². The van der Waals surface area contributed by atoms with Gasteiger partial charge in [0.15, 0.2) is 0 Å². The van der Waals surface area contributed by atoms with E-state index in [1.165, 1.54) is 21.1 Å². The number of thiazole rings is 1. The van der Waals surface area contributed by atoms with Crippen LogP contribution in [0.4, 0.5) is 0 Å². The summed E-state index contributed by atoms with van der Waals surface area (Å²) >= 11 is 1.36. The van der Waals surface area contributed by atoms with Crippen LogP contribution in [0.25, 0.3) is 0 Å².